The van der Waals surface area contributed by atoms with Crippen LogP contribution in [0.5, 0.6) is 0 Å². The van der Waals surface area contributed by atoms with Gasteiger partial charge in [-0.3, -0.25) is 5.32 Å². The Balaban J connectivity index is 2.23. The normalized spacial score (nSPS) is 14.5. The van der Waals surface area contributed by atoms with Crippen molar-refractivity contribution in [3.63, 3.8) is 0 Å². The number of ether oxygens (including phenoxy) is 1. The van der Waals surface area contributed by atoms with Crippen LogP contribution in [-0.4, -0.2) is 11.7 Å². The topological polar surface area (TPSA) is 38.3 Å². The number of carbonyl (C=O) groups excluding carboxylic acids is 1. The summed E-state index contributed by atoms with van der Waals surface area (Å²) in [5, 5.41) is 2.87. The molecule has 0 bridgehead atoms. The zero-order chi connectivity index (χ0) is 15.8. The highest BCUT2D eigenvalue weighted by atomic mass is 16.6. The molecule has 0 atom stereocenters. The van der Waals surface area contributed by atoms with Crippen molar-refractivity contribution in [2.45, 2.75) is 53.6 Å². The molecule has 1 aliphatic carbocycles. The molecule has 3 nitrogen and oxygen atoms in total. The maximum Gasteiger partial charge on any atom is 0.412 e. The van der Waals surface area contributed by atoms with Gasteiger partial charge in [0.1, 0.15) is 5.60 Å². The molecule has 0 saturated heterocycles. The van der Waals surface area contributed by atoms with E-state index < -0.39 is 11.7 Å². The zero-order valence-corrected chi connectivity index (χ0v) is 13.8. The van der Waals surface area contributed by atoms with Crippen LogP contribution >= 0.6 is 0 Å². The lowest BCUT2D eigenvalue weighted by Crippen LogP contribution is -2.27. The first-order valence-corrected chi connectivity index (χ1v) is 7.39. The molecule has 0 spiro atoms. The summed E-state index contributed by atoms with van der Waals surface area (Å²) in [7, 11) is 0. The van der Waals surface area contributed by atoms with Crippen LogP contribution in [-0.2, 0) is 11.2 Å². The quantitative estimate of drug-likeness (QED) is 0.787. The fourth-order valence-corrected chi connectivity index (χ4v) is 2.37. The smallest absolute Gasteiger partial charge is 0.412 e. The molecule has 2 rings (SSSR count). The summed E-state index contributed by atoms with van der Waals surface area (Å²) in [6, 6.07) is 6.01. The van der Waals surface area contributed by atoms with Crippen molar-refractivity contribution >= 4 is 17.9 Å². The molecule has 1 aliphatic rings. The molecule has 0 heterocycles. The Labute approximate surface area is 127 Å². The number of hydrogen-bond acceptors (Lipinski definition) is 2. The lowest BCUT2D eigenvalue weighted by Gasteiger charge is -2.20. The molecule has 0 fully saturated rings. The summed E-state index contributed by atoms with van der Waals surface area (Å²) in [5.41, 5.74) is 4.22. The van der Waals surface area contributed by atoms with Crippen molar-refractivity contribution in [3.8, 4) is 0 Å². The first kappa shape index (κ1) is 15.6. The largest absolute Gasteiger partial charge is 0.444 e. The van der Waals surface area contributed by atoms with E-state index in [1.807, 2.05) is 32.9 Å². The van der Waals surface area contributed by atoms with Gasteiger partial charge in [-0.2, -0.15) is 0 Å². The van der Waals surface area contributed by atoms with Crippen molar-refractivity contribution in [1.82, 2.24) is 0 Å². The number of allylic oxidation sites excluding steroid dienone is 1. The summed E-state index contributed by atoms with van der Waals surface area (Å²) in [4.78, 5) is 12.0. The SMILES string of the molecule is CC(C)(C)OC(=O)Nc1cccc2c1C=C(C(C)(C)C)C2. The maximum atomic E-state index is 12.0. The van der Waals surface area contributed by atoms with Crippen molar-refractivity contribution in [2.24, 2.45) is 5.41 Å². The van der Waals surface area contributed by atoms with E-state index in [9.17, 15) is 4.79 Å². The van der Waals surface area contributed by atoms with Crippen LogP contribution in [0.2, 0.25) is 0 Å². The number of carbonyl (C=O) groups is 1. The van der Waals surface area contributed by atoms with Crippen molar-refractivity contribution in [3.05, 3.63) is 34.9 Å². The van der Waals surface area contributed by atoms with Crippen molar-refractivity contribution in [2.75, 3.05) is 5.32 Å². The third-order valence-electron chi connectivity index (χ3n) is 3.49. The molecule has 0 aromatic heterocycles. The van der Waals surface area contributed by atoms with E-state index in [0.29, 0.717) is 0 Å². The highest BCUT2D eigenvalue weighted by Crippen LogP contribution is 2.39. The molecule has 1 N–H and O–H groups in total. The van der Waals surface area contributed by atoms with E-state index in [4.69, 9.17) is 4.74 Å². The summed E-state index contributed by atoms with van der Waals surface area (Å²) in [6.07, 6.45) is 2.73. The number of rotatable bonds is 1. The Kier molecular flexibility index (Phi) is 3.87. The van der Waals surface area contributed by atoms with Gasteiger partial charge in [0, 0.05) is 5.56 Å². The average molecular weight is 287 g/mol. The Hall–Kier alpha value is -1.77. The van der Waals surface area contributed by atoms with Crippen LogP contribution in [0.3, 0.4) is 0 Å². The van der Waals surface area contributed by atoms with E-state index in [1.165, 1.54) is 11.1 Å². The minimum atomic E-state index is -0.492. The molecule has 0 unspecified atom stereocenters. The Morgan fingerprint density at radius 1 is 1.14 bits per heavy atom. The first-order valence-electron chi connectivity index (χ1n) is 7.39. The predicted octanol–water partition coefficient (Wildman–Crippen LogP) is 5.02. The number of fused-ring (bicyclic) bond motifs is 1. The predicted molar refractivity (Wildman–Crippen MR) is 87.4 cm³/mol. The van der Waals surface area contributed by atoms with Gasteiger partial charge in [0.2, 0.25) is 0 Å². The first-order chi connectivity index (χ1) is 9.56. The Bertz CT molecular complexity index is 586. The molecule has 1 aromatic carbocycles. The fraction of sp³-hybridized carbons (Fsp3) is 0.500. The third kappa shape index (κ3) is 3.87. The molecule has 0 saturated carbocycles. The molecule has 3 heteroatoms. The monoisotopic (exact) mass is 287 g/mol. The van der Waals surface area contributed by atoms with Crippen molar-refractivity contribution < 1.29 is 9.53 Å². The molecular formula is C18H25NO2. The summed E-state index contributed by atoms with van der Waals surface area (Å²) < 4.78 is 5.32. The van der Waals surface area contributed by atoms with E-state index in [2.05, 4.69) is 38.2 Å². The molecule has 1 amide bonds. The van der Waals surface area contributed by atoms with Crippen LogP contribution in [0.15, 0.2) is 23.8 Å². The van der Waals surface area contributed by atoms with Gasteiger partial charge in [0.15, 0.2) is 0 Å². The average Bonchev–Trinajstić information content (AvgIpc) is 2.70. The molecule has 1 aromatic rings. The number of hydrogen-bond donors (Lipinski definition) is 1. The van der Waals surface area contributed by atoms with Gasteiger partial charge < -0.3 is 4.74 Å². The van der Waals surface area contributed by atoms with Crippen LogP contribution in [0.4, 0.5) is 10.5 Å². The van der Waals surface area contributed by atoms with Gasteiger partial charge in [-0.25, -0.2) is 4.79 Å². The molecule has 0 aliphatic heterocycles. The highest BCUT2D eigenvalue weighted by Gasteiger charge is 2.25. The van der Waals surface area contributed by atoms with Gasteiger partial charge >= 0.3 is 6.09 Å². The lowest BCUT2D eigenvalue weighted by molar-refractivity contribution is 0.0636. The number of nitrogens with one attached hydrogen (secondary N) is 1. The van der Waals surface area contributed by atoms with E-state index in [0.717, 1.165) is 17.7 Å². The Morgan fingerprint density at radius 2 is 1.81 bits per heavy atom. The lowest BCUT2D eigenvalue weighted by atomic mass is 9.85. The van der Waals surface area contributed by atoms with E-state index in [1.54, 1.807) is 0 Å². The molecule has 114 valence electrons. The third-order valence-corrected chi connectivity index (χ3v) is 3.49. The van der Waals surface area contributed by atoms with Crippen LogP contribution < -0.4 is 5.32 Å². The standard InChI is InChI=1S/C18H25NO2/c1-17(2,3)13-10-12-8-7-9-15(14(12)11-13)19-16(20)21-18(4,5)6/h7-9,11H,10H2,1-6H3,(H,19,20). The van der Waals surface area contributed by atoms with Gasteiger partial charge in [-0.05, 0) is 44.2 Å². The van der Waals surface area contributed by atoms with Gasteiger partial charge in [-0.15, -0.1) is 0 Å². The van der Waals surface area contributed by atoms with E-state index in [-0.39, 0.29) is 5.41 Å². The number of amides is 1. The summed E-state index contributed by atoms with van der Waals surface area (Å²) >= 11 is 0. The van der Waals surface area contributed by atoms with Crippen molar-refractivity contribution in [1.29, 1.82) is 0 Å². The number of benzene rings is 1. The molecule has 0 radical (unpaired) electrons. The summed E-state index contributed by atoms with van der Waals surface area (Å²) in [5.74, 6) is 0. The second-order valence-corrected chi connectivity index (χ2v) is 7.60. The molecule has 21 heavy (non-hydrogen) atoms. The summed E-state index contributed by atoms with van der Waals surface area (Å²) in [6.45, 7) is 12.2. The fourth-order valence-electron chi connectivity index (χ4n) is 2.37. The van der Waals surface area contributed by atoms with Crippen LogP contribution in [0.25, 0.3) is 6.08 Å². The Morgan fingerprint density at radius 3 is 2.38 bits per heavy atom. The highest BCUT2D eigenvalue weighted by molar-refractivity contribution is 5.90. The van der Waals surface area contributed by atoms with Gasteiger partial charge in [0.25, 0.3) is 0 Å². The van der Waals surface area contributed by atoms with Crippen LogP contribution in [0.1, 0.15) is 52.7 Å². The molecular weight excluding hydrogens is 262 g/mol. The second kappa shape index (κ2) is 5.21. The maximum absolute atomic E-state index is 12.0. The van der Waals surface area contributed by atoms with Gasteiger partial charge in [0.05, 0.1) is 5.69 Å². The minimum Gasteiger partial charge on any atom is -0.444 e. The second-order valence-electron chi connectivity index (χ2n) is 7.60. The minimum absolute atomic E-state index is 0.141. The zero-order valence-electron chi connectivity index (χ0n) is 13.8. The van der Waals surface area contributed by atoms with Gasteiger partial charge in [-0.1, -0.05) is 44.6 Å². The van der Waals surface area contributed by atoms with E-state index >= 15 is 0 Å². The van der Waals surface area contributed by atoms with Crippen LogP contribution in [0, 0.1) is 5.41 Å². The number of anilines is 1.